The van der Waals surface area contributed by atoms with E-state index in [4.69, 9.17) is 4.74 Å². The third-order valence-electron chi connectivity index (χ3n) is 4.27. The quantitative estimate of drug-likeness (QED) is 0.845. The molecule has 2 fully saturated rings. The predicted molar refractivity (Wildman–Crippen MR) is 86.2 cm³/mol. The van der Waals surface area contributed by atoms with E-state index < -0.39 is 16.3 Å². The van der Waals surface area contributed by atoms with E-state index in [9.17, 15) is 8.42 Å². The Labute approximate surface area is 137 Å². The number of rotatable bonds is 5. The van der Waals surface area contributed by atoms with Gasteiger partial charge in [0.2, 0.25) is 0 Å². The van der Waals surface area contributed by atoms with Gasteiger partial charge in [-0.25, -0.2) is 9.97 Å². The Bertz CT molecular complexity index is 648. The van der Waals surface area contributed by atoms with E-state index in [-0.39, 0.29) is 6.61 Å². The third kappa shape index (κ3) is 3.47. The minimum Gasteiger partial charge on any atom is -0.378 e. The normalized spacial score (nSPS) is 23.7. The molecule has 8 nitrogen and oxygen atoms in total. The zero-order valence-corrected chi connectivity index (χ0v) is 14.3. The highest BCUT2D eigenvalue weighted by Gasteiger charge is 2.37. The summed E-state index contributed by atoms with van der Waals surface area (Å²) in [6, 6.07) is 1.78. The first kappa shape index (κ1) is 16.6. The van der Waals surface area contributed by atoms with Crippen LogP contribution in [0.2, 0.25) is 0 Å². The highest BCUT2D eigenvalue weighted by atomic mass is 32.2. The first-order valence-electron chi connectivity index (χ1n) is 7.85. The van der Waals surface area contributed by atoms with Gasteiger partial charge in [0.25, 0.3) is 10.2 Å². The summed E-state index contributed by atoms with van der Waals surface area (Å²) in [6.07, 6.45) is 5.19. The lowest BCUT2D eigenvalue weighted by molar-refractivity contribution is 0.0269. The second-order valence-corrected chi connectivity index (χ2v) is 8.16. The van der Waals surface area contributed by atoms with Crippen LogP contribution >= 0.6 is 0 Å². The second-order valence-electron chi connectivity index (χ2n) is 6.06. The summed E-state index contributed by atoms with van der Waals surface area (Å²) < 4.78 is 33.1. The zero-order valence-electron chi connectivity index (χ0n) is 13.5. The van der Waals surface area contributed by atoms with Gasteiger partial charge in [-0.05, 0) is 25.3 Å². The van der Waals surface area contributed by atoms with Crippen molar-refractivity contribution >= 4 is 16.0 Å². The first-order valence-corrected chi connectivity index (χ1v) is 9.24. The first-order chi connectivity index (χ1) is 11.0. The van der Waals surface area contributed by atoms with Crippen LogP contribution in [0.15, 0.2) is 12.3 Å². The van der Waals surface area contributed by atoms with Crippen molar-refractivity contribution in [1.82, 2.24) is 18.6 Å². The van der Waals surface area contributed by atoms with E-state index in [1.807, 2.05) is 6.07 Å². The molecule has 1 aromatic heterocycles. The highest BCUT2D eigenvalue weighted by Crippen LogP contribution is 2.27. The van der Waals surface area contributed by atoms with Crippen LogP contribution in [0, 0.1) is 0 Å². The number of nitrogens with zero attached hydrogens (tertiary/aromatic N) is 4. The van der Waals surface area contributed by atoms with Crippen molar-refractivity contribution in [3.63, 3.8) is 0 Å². The van der Waals surface area contributed by atoms with E-state index >= 15 is 0 Å². The average molecular weight is 341 g/mol. The number of nitrogens with one attached hydrogen (secondary N) is 1. The van der Waals surface area contributed by atoms with Crippen molar-refractivity contribution in [1.29, 1.82) is 0 Å². The van der Waals surface area contributed by atoms with E-state index in [1.165, 1.54) is 29.1 Å². The maximum Gasteiger partial charge on any atom is 0.282 e. The summed E-state index contributed by atoms with van der Waals surface area (Å²) in [7, 11) is -0.490. The molecule has 0 bridgehead atoms. The molecular formula is C14H23N5O3S. The van der Waals surface area contributed by atoms with Gasteiger partial charge in [-0.2, -0.15) is 17.0 Å². The molecule has 1 aliphatic heterocycles. The minimum absolute atomic E-state index is 0.264. The fourth-order valence-electron chi connectivity index (χ4n) is 2.65. The molecule has 1 aromatic rings. The van der Waals surface area contributed by atoms with E-state index in [0.29, 0.717) is 25.0 Å². The van der Waals surface area contributed by atoms with E-state index in [1.54, 1.807) is 6.20 Å². The van der Waals surface area contributed by atoms with Crippen LogP contribution in [0.5, 0.6) is 0 Å². The summed E-state index contributed by atoms with van der Waals surface area (Å²) in [5.41, 5.74) is 0. The fraction of sp³-hybridized carbons (Fsp3) is 0.714. The Morgan fingerprint density at radius 1 is 1.39 bits per heavy atom. The Morgan fingerprint density at radius 2 is 2.17 bits per heavy atom. The molecule has 0 amide bonds. The molecule has 0 radical (unpaired) electrons. The number of hydrogen-bond acceptors (Lipinski definition) is 6. The lowest BCUT2D eigenvalue weighted by Gasteiger charge is -2.35. The monoisotopic (exact) mass is 341 g/mol. The van der Waals surface area contributed by atoms with Crippen molar-refractivity contribution in [2.45, 2.75) is 31.3 Å². The van der Waals surface area contributed by atoms with Crippen LogP contribution < -0.4 is 5.32 Å². The van der Waals surface area contributed by atoms with Gasteiger partial charge in [0.1, 0.15) is 11.9 Å². The largest absolute Gasteiger partial charge is 0.378 e. The lowest BCUT2D eigenvalue weighted by atomic mass is 9.93. The Kier molecular flexibility index (Phi) is 4.81. The molecule has 1 N–H and O–H groups in total. The number of anilines is 1. The van der Waals surface area contributed by atoms with Gasteiger partial charge in [-0.1, -0.05) is 0 Å². The summed E-state index contributed by atoms with van der Waals surface area (Å²) >= 11 is 0. The fourth-order valence-corrected chi connectivity index (χ4v) is 3.86. The smallest absolute Gasteiger partial charge is 0.282 e. The van der Waals surface area contributed by atoms with Gasteiger partial charge >= 0.3 is 0 Å². The van der Waals surface area contributed by atoms with Crippen molar-refractivity contribution in [3.05, 3.63) is 18.1 Å². The summed E-state index contributed by atoms with van der Waals surface area (Å²) in [5, 5.41) is 3.36. The summed E-state index contributed by atoms with van der Waals surface area (Å²) in [6.45, 7) is 0.943. The lowest BCUT2D eigenvalue weighted by Crippen LogP contribution is -2.48. The Morgan fingerprint density at radius 3 is 2.83 bits per heavy atom. The molecule has 1 saturated carbocycles. The summed E-state index contributed by atoms with van der Waals surface area (Å²) in [5.74, 6) is 1.21. The topological polar surface area (TPSA) is 87.7 Å². The molecule has 9 heteroatoms. The predicted octanol–water partition coefficient (Wildman–Crippen LogP) is 0.621. The van der Waals surface area contributed by atoms with Crippen LogP contribution in [0.4, 0.5) is 5.82 Å². The van der Waals surface area contributed by atoms with Crippen molar-refractivity contribution < 1.29 is 13.2 Å². The standard InChI is InChI=1S/C14H23N5O3S/c1-18(2)23(20,21)19-8-9-22-10-12(19)14-15-7-6-13(17-14)16-11-4-3-5-11/h6-7,11-12H,3-5,8-10H2,1-2H3,(H,15,16,17). The van der Waals surface area contributed by atoms with Crippen molar-refractivity contribution in [2.75, 3.05) is 39.2 Å². The molecule has 1 saturated heterocycles. The number of aromatic nitrogens is 2. The molecule has 0 spiro atoms. The molecule has 0 aromatic carbocycles. The molecule has 128 valence electrons. The van der Waals surface area contributed by atoms with Gasteiger partial charge in [0.05, 0.1) is 13.2 Å². The summed E-state index contributed by atoms with van der Waals surface area (Å²) in [4.78, 5) is 8.80. The van der Waals surface area contributed by atoms with Gasteiger partial charge in [-0.3, -0.25) is 0 Å². The maximum atomic E-state index is 12.5. The number of ether oxygens (including phenoxy) is 1. The van der Waals surface area contributed by atoms with Crippen LogP contribution in [0.1, 0.15) is 31.1 Å². The molecule has 3 rings (SSSR count). The SMILES string of the molecule is CN(C)S(=O)(=O)N1CCOCC1c1nccc(NC2CCC2)n1. The molecule has 1 aliphatic carbocycles. The van der Waals surface area contributed by atoms with Gasteiger partial charge < -0.3 is 10.1 Å². The van der Waals surface area contributed by atoms with E-state index in [0.717, 1.165) is 18.7 Å². The maximum absolute atomic E-state index is 12.5. The van der Waals surface area contributed by atoms with Gasteiger partial charge in [-0.15, -0.1) is 0 Å². The van der Waals surface area contributed by atoms with Gasteiger partial charge in [0.15, 0.2) is 5.82 Å². The molecule has 2 aliphatic rings. The average Bonchev–Trinajstić information content (AvgIpc) is 2.51. The number of hydrogen-bond donors (Lipinski definition) is 1. The van der Waals surface area contributed by atoms with Gasteiger partial charge in [0, 0.05) is 32.9 Å². The third-order valence-corrected chi connectivity index (χ3v) is 6.22. The van der Waals surface area contributed by atoms with Crippen molar-refractivity contribution in [3.8, 4) is 0 Å². The van der Waals surface area contributed by atoms with Crippen LogP contribution in [0.3, 0.4) is 0 Å². The van der Waals surface area contributed by atoms with E-state index in [2.05, 4.69) is 15.3 Å². The zero-order chi connectivity index (χ0) is 16.4. The van der Waals surface area contributed by atoms with Crippen LogP contribution in [0.25, 0.3) is 0 Å². The minimum atomic E-state index is -3.54. The Balaban J connectivity index is 1.84. The molecule has 2 heterocycles. The molecule has 1 unspecified atom stereocenters. The second kappa shape index (κ2) is 6.68. The molecule has 23 heavy (non-hydrogen) atoms. The number of morpholine rings is 1. The molecular weight excluding hydrogens is 318 g/mol. The van der Waals surface area contributed by atoms with Crippen LogP contribution in [-0.2, 0) is 14.9 Å². The highest BCUT2D eigenvalue weighted by molar-refractivity contribution is 7.86. The Hall–Kier alpha value is -1.29. The molecule has 1 atom stereocenters. The van der Waals surface area contributed by atoms with Crippen molar-refractivity contribution in [2.24, 2.45) is 0 Å². The van der Waals surface area contributed by atoms with Crippen LogP contribution in [-0.4, -0.2) is 66.9 Å².